The van der Waals surface area contributed by atoms with Crippen molar-refractivity contribution in [2.24, 2.45) is 5.11 Å². The summed E-state index contributed by atoms with van der Waals surface area (Å²) in [6, 6.07) is 5.95. The molecule has 0 unspecified atom stereocenters. The molecule has 0 aliphatic heterocycles. The quantitative estimate of drug-likeness (QED) is 0.527. The first-order valence-electron chi connectivity index (χ1n) is 6.16. The van der Waals surface area contributed by atoms with Crippen LogP contribution in [0.2, 0.25) is 0 Å². The van der Waals surface area contributed by atoms with E-state index in [0.29, 0.717) is 0 Å². The summed E-state index contributed by atoms with van der Waals surface area (Å²) in [6.07, 6.45) is 3.45. The van der Waals surface area contributed by atoms with Gasteiger partial charge in [-0.1, -0.05) is 5.11 Å². The van der Waals surface area contributed by atoms with Crippen LogP contribution in [0.3, 0.4) is 0 Å². The molecular weight excluding hydrogens is 272 g/mol. The highest BCUT2D eigenvalue weighted by Gasteiger charge is 2.02. The van der Waals surface area contributed by atoms with E-state index in [1.54, 1.807) is 12.4 Å². The lowest BCUT2D eigenvalue weighted by atomic mass is 10.2. The van der Waals surface area contributed by atoms with Crippen molar-refractivity contribution in [3.05, 3.63) is 41.0 Å². The highest BCUT2D eigenvalue weighted by atomic mass is 16.4. The first kappa shape index (κ1) is 16.2. The molecule has 0 bridgehead atoms. The Morgan fingerprint density at radius 3 is 2.71 bits per heavy atom. The van der Waals surface area contributed by atoms with Gasteiger partial charge in [0.1, 0.15) is 0 Å². The third-order valence-corrected chi connectivity index (χ3v) is 2.46. The van der Waals surface area contributed by atoms with Crippen LogP contribution in [0.4, 0.5) is 5.69 Å². The summed E-state index contributed by atoms with van der Waals surface area (Å²) in [6.45, 7) is 0.0336. The summed E-state index contributed by atoms with van der Waals surface area (Å²) in [5.41, 5.74) is 9.60. The average molecular weight is 288 g/mol. The van der Waals surface area contributed by atoms with Crippen molar-refractivity contribution >= 4 is 22.7 Å². The lowest BCUT2D eigenvalue weighted by Gasteiger charge is -2.13. The molecule has 2 rings (SSSR count). The van der Waals surface area contributed by atoms with Gasteiger partial charge in [-0.25, -0.2) is 9.97 Å². The molecule has 2 aromatic rings. The molecule has 0 aliphatic rings. The van der Waals surface area contributed by atoms with Gasteiger partial charge in [0.05, 0.1) is 6.42 Å². The minimum atomic E-state index is -0.947. The number of hydrogen-bond acceptors (Lipinski definition) is 5. The molecule has 0 saturated heterocycles. The first-order chi connectivity index (χ1) is 10.1. The first-order valence-corrected chi connectivity index (χ1v) is 6.16. The van der Waals surface area contributed by atoms with Gasteiger partial charge in [-0.3, -0.25) is 4.79 Å². The number of aromatic nitrogens is 2. The van der Waals surface area contributed by atoms with Crippen molar-refractivity contribution in [1.29, 1.82) is 0 Å². The number of fused-ring (bicyclic) bond motifs is 1. The molecule has 2 heterocycles. The SMILES string of the molecule is CN(C)c1ccnc2ncccc12.[N-]=[N+]=NCCC(=O)O. The van der Waals surface area contributed by atoms with Crippen LogP contribution in [0, 0.1) is 0 Å². The van der Waals surface area contributed by atoms with Crippen molar-refractivity contribution in [2.45, 2.75) is 6.42 Å². The maximum absolute atomic E-state index is 9.69. The van der Waals surface area contributed by atoms with Crippen LogP contribution in [0.1, 0.15) is 6.42 Å². The average Bonchev–Trinajstić information content (AvgIpc) is 2.47. The number of carboxylic acids is 1. The molecule has 0 aliphatic carbocycles. The Labute approximate surface area is 121 Å². The third kappa shape index (κ3) is 5.33. The minimum absolute atomic E-state index is 0.0336. The van der Waals surface area contributed by atoms with Gasteiger partial charge in [0.15, 0.2) is 5.65 Å². The Hall–Kier alpha value is -2.86. The van der Waals surface area contributed by atoms with Crippen molar-refractivity contribution < 1.29 is 9.90 Å². The molecule has 8 nitrogen and oxygen atoms in total. The second-order valence-electron chi connectivity index (χ2n) is 4.20. The number of carbonyl (C=O) groups is 1. The second kappa shape index (κ2) is 8.34. The third-order valence-electron chi connectivity index (χ3n) is 2.46. The van der Waals surface area contributed by atoms with Crippen LogP contribution in [0.5, 0.6) is 0 Å². The predicted molar refractivity (Wildman–Crippen MR) is 80.1 cm³/mol. The zero-order valence-corrected chi connectivity index (χ0v) is 11.8. The van der Waals surface area contributed by atoms with E-state index in [2.05, 4.69) is 24.9 Å². The molecular formula is C13H16N6O2. The Balaban J connectivity index is 0.000000240. The fourth-order valence-electron chi connectivity index (χ4n) is 1.55. The van der Waals surface area contributed by atoms with Gasteiger partial charge >= 0.3 is 5.97 Å². The molecule has 0 saturated carbocycles. The van der Waals surface area contributed by atoms with E-state index in [1.165, 1.54) is 0 Å². The largest absolute Gasteiger partial charge is 0.481 e. The van der Waals surface area contributed by atoms with Gasteiger partial charge in [0, 0.05) is 49.0 Å². The monoisotopic (exact) mass is 288 g/mol. The molecule has 110 valence electrons. The van der Waals surface area contributed by atoms with Crippen LogP contribution in [0.15, 0.2) is 35.7 Å². The van der Waals surface area contributed by atoms with E-state index in [1.807, 2.05) is 32.3 Å². The summed E-state index contributed by atoms with van der Waals surface area (Å²) in [4.78, 5) is 22.5. The van der Waals surface area contributed by atoms with Crippen LogP contribution in [-0.2, 0) is 4.79 Å². The Bertz CT molecular complexity index is 645. The molecule has 0 amide bonds. The molecule has 0 fully saturated rings. The summed E-state index contributed by atoms with van der Waals surface area (Å²) < 4.78 is 0. The molecule has 2 aromatic heterocycles. The maximum Gasteiger partial charge on any atom is 0.303 e. The van der Waals surface area contributed by atoms with E-state index in [4.69, 9.17) is 10.6 Å². The molecule has 0 radical (unpaired) electrons. The lowest BCUT2D eigenvalue weighted by Crippen LogP contribution is -2.09. The van der Waals surface area contributed by atoms with Gasteiger partial charge in [-0.15, -0.1) is 0 Å². The number of carboxylic acid groups (broad SMARTS) is 1. The van der Waals surface area contributed by atoms with E-state index in [9.17, 15) is 4.79 Å². The summed E-state index contributed by atoms with van der Waals surface area (Å²) >= 11 is 0. The van der Waals surface area contributed by atoms with Gasteiger partial charge in [-0.05, 0) is 23.7 Å². The van der Waals surface area contributed by atoms with Crippen molar-refractivity contribution in [1.82, 2.24) is 9.97 Å². The minimum Gasteiger partial charge on any atom is -0.481 e. The topological polar surface area (TPSA) is 115 Å². The van der Waals surface area contributed by atoms with E-state index >= 15 is 0 Å². The highest BCUT2D eigenvalue weighted by Crippen LogP contribution is 2.21. The Morgan fingerprint density at radius 2 is 2.10 bits per heavy atom. The van der Waals surface area contributed by atoms with Gasteiger partial charge in [-0.2, -0.15) is 0 Å². The molecule has 0 aromatic carbocycles. The maximum atomic E-state index is 9.69. The molecule has 21 heavy (non-hydrogen) atoms. The fraction of sp³-hybridized carbons (Fsp3) is 0.308. The summed E-state index contributed by atoms with van der Waals surface area (Å²) in [7, 11) is 4.03. The molecule has 0 spiro atoms. The van der Waals surface area contributed by atoms with E-state index < -0.39 is 5.97 Å². The number of pyridine rings is 2. The number of hydrogen-bond donors (Lipinski definition) is 1. The van der Waals surface area contributed by atoms with Crippen LogP contribution < -0.4 is 4.90 Å². The van der Waals surface area contributed by atoms with Gasteiger partial charge < -0.3 is 10.0 Å². The summed E-state index contributed by atoms with van der Waals surface area (Å²) in [5.74, 6) is -0.947. The van der Waals surface area contributed by atoms with Crippen LogP contribution in [0.25, 0.3) is 21.5 Å². The van der Waals surface area contributed by atoms with E-state index in [-0.39, 0.29) is 13.0 Å². The smallest absolute Gasteiger partial charge is 0.303 e. The van der Waals surface area contributed by atoms with E-state index in [0.717, 1.165) is 16.7 Å². The molecule has 1 N–H and O–H groups in total. The van der Waals surface area contributed by atoms with Gasteiger partial charge in [0.2, 0.25) is 0 Å². The number of aliphatic carboxylic acids is 1. The molecule has 0 atom stereocenters. The molecule has 8 heteroatoms. The normalized spacial score (nSPS) is 9.24. The lowest BCUT2D eigenvalue weighted by molar-refractivity contribution is -0.136. The van der Waals surface area contributed by atoms with Crippen LogP contribution >= 0.6 is 0 Å². The predicted octanol–water partition coefficient (Wildman–Crippen LogP) is 2.47. The number of rotatable bonds is 4. The fourth-order valence-corrected chi connectivity index (χ4v) is 1.55. The second-order valence-corrected chi connectivity index (χ2v) is 4.20. The van der Waals surface area contributed by atoms with Crippen molar-refractivity contribution in [3.63, 3.8) is 0 Å². The number of nitrogens with zero attached hydrogens (tertiary/aromatic N) is 6. The Kier molecular flexibility index (Phi) is 6.43. The zero-order chi connectivity index (χ0) is 15.7. The van der Waals surface area contributed by atoms with Crippen molar-refractivity contribution in [3.8, 4) is 0 Å². The standard InChI is InChI=1S/C10H11N3.C3H5N3O2/c1-13(2)9-5-7-12-10-8(9)4-3-6-11-10;4-6-5-2-1-3(7)8/h3-7H,1-2H3;1-2H2,(H,7,8). The van der Waals surface area contributed by atoms with Crippen LogP contribution in [-0.4, -0.2) is 41.7 Å². The van der Waals surface area contributed by atoms with Crippen molar-refractivity contribution in [2.75, 3.05) is 25.5 Å². The summed E-state index contributed by atoms with van der Waals surface area (Å²) in [5, 5.41) is 12.1. The number of anilines is 1. The Morgan fingerprint density at radius 1 is 1.38 bits per heavy atom. The number of azide groups is 1. The highest BCUT2D eigenvalue weighted by molar-refractivity contribution is 5.88. The van der Waals surface area contributed by atoms with Gasteiger partial charge in [0.25, 0.3) is 0 Å². The zero-order valence-electron chi connectivity index (χ0n) is 11.8.